The molecule has 0 aliphatic heterocycles. The Kier molecular flexibility index (Phi) is 8.24. The largest absolute Gasteiger partial charge is 0.348 e. The lowest BCUT2D eigenvalue weighted by atomic mass is 10.4. The van der Waals surface area contributed by atoms with E-state index in [-0.39, 0.29) is 5.91 Å². The highest BCUT2D eigenvalue weighted by atomic mass is 32.2. The molecule has 0 aromatic heterocycles. The van der Waals surface area contributed by atoms with Crippen LogP contribution < -0.4 is 5.32 Å². The highest BCUT2D eigenvalue weighted by Gasteiger charge is 2.01. The Morgan fingerprint density at radius 3 is 2.69 bits per heavy atom. The van der Waals surface area contributed by atoms with Gasteiger partial charge in [-0.1, -0.05) is 6.92 Å². The smallest absolute Gasteiger partial charge is 0.236 e. The molecular formula is C9H20N2OS. The Morgan fingerprint density at radius 1 is 1.46 bits per heavy atom. The average Bonchev–Trinajstić information content (AvgIpc) is 2.10. The summed E-state index contributed by atoms with van der Waals surface area (Å²) in [6, 6.07) is 0. The van der Waals surface area contributed by atoms with Crippen molar-refractivity contribution in [3.05, 3.63) is 0 Å². The van der Waals surface area contributed by atoms with E-state index in [2.05, 4.69) is 12.2 Å². The normalized spacial score (nSPS) is 10.1. The number of thioether (sulfide) groups is 1. The number of hydrogen-bond donors (Lipinski definition) is 1. The van der Waals surface area contributed by atoms with Crippen LogP contribution in [0.25, 0.3) is 0 Å². The predicted molar refractivity (Wildman–Crippen MR) is 59.2 cm³/mol. The van der Waals surface area contributed by atoms with Crippen molar-refractivity contribution in [2.75, 3.05) is 38.7 Å². The number of likely N-dealkylation sites (N-methyl/N-ethyl adjacent to an activating group) is 1. The fraction of sp³-hybridized carbons (Fsp3) is 0.889. The van der Waals surface area contributed by atoms with Crippen molar-refractivity contribution >= 4 is 17.7 Å². The van der Waals surface area contributed by atoms with Crippen LogP contribution in [0.1, 0.15) is 13.3 Å². The molecule has 0 aliphatic carbocycles. The molecule has 0 heterocycles. The van der Waals surface area contributed by atoms with Gasteiger partial charge in [0.05, 0.1) is 6.54 Å². The molecule has 3 nitrogen and oxygen atoms in total. The van der Waals surface area contributed by atoms with Crippen LogP contribution in [0.3, 0.4) is 0 Å². The maximum atomic E-state index is 11.1. The molecule has 0 aromatic rings. The molecule has 78 valence electrons. The van der Waals surface area contributed by atoms with E-state index < -0.39 is 0 Å². The second kappa shape index (κ2) is 8.38. The zero-order chi connectivity index (χ0) is 10.1. The summed E-state index contributed by atoms with van der Waals surface area (Å²) in [5, 5.41) is 3.12. The number of carbonyl (C=O) groups is 1. The fourth-order valence-corrected chi connectivity index (χ4v) is 1.43. The molecule has 0 spiro atoms. The van der Waals surface area contributed by atoms with E-state index in [1.54, 1.807) is 19.0 Å². The summed E-state index contributed by atoms with van der Waals surface area (Å²) < 4.78 is 0. The van der Waals surface area contributed by atoms with Gasteiger partial charge in [0.1, 0.15) is 0 Å². The number of rotatable bonds is 7. The highest BCUT2D eigenvalue weighted by Crippen LogP contribution is 1.99. The van der Waals surface area contributed by atoms with Gasteiger partial charge in [-0.3, -0.25) is 4.79 Å². The van der Waals surface area contributed by atoms with Crippen LogP contribution in [-0.2, 0) is 4.79 Å². The van der Waals surface area contributed by atoms with Gasteiger partial charge < -0.3 is 10.2 Å². The first-order valence-electron chi connectivity index (χ1n) is 4.67. The molecule has 1 N–H and O–H groups in total. The molecule has 4 heteroatoms. The molecule has 0 aliphatic rings. The highest BCUT2D eigenvalue weighted by molar-refractivity contribution is 7.99. The van der Waals surface area contributed by atoms with Gasteiger partial charge in [-0.15, -0.1) is 0 Å². The Morgan fingerprint density at radius 2 is 2.15 bits per heavy atom. The van der Waals surface area contributed by atoms with E-state index in [9.17, 15) is 4.79 Å². The quantitative estimate of drug-likeness (QED) is 0.623. The van der Waals surface area contributed by atoms with Crippen LogP contribution in [0.2, 0.25) is 0 Å². The van der Waals surface area contributed by atoms with Gasteiger partial charge in [0.2, 0.25) is 5.91 Å². The van der Waals surface area contributed by atoms with Crippen molar-refractivity contribution in [3.8, 4) is 0 Å². The molecule has 0 aromatic carbocycles. The lowest BCUT2D eigenvalue weighted by Gasteiger charge is -2.10. The van der Waals surface area contributed by atoms with Crippen LogP contribution in [-0.4, -0.2) is 49.5 Å². The summed E-state index contributed by atoms with van der Waals surface area (Å²) in [6.45, 7) is 3.56. The molecule has 1 amide bonds. The standard InChI is InChI=1S/C9H20N2OS/c1-4-13-7-5-6-10-8-9(12)11(2)3/h10H,4-8H2,1-3H3. The third-order valence-electron chi connectivity index (χ3n) is 1.62. The van der Waals surface area contributed by atoms with E-state index >= 15 is 0 Å². The minimum absolute atomic E-state index is 0.142. The van der Waals surface area contributed by atoms with Crippen molar-refractivity contribution in [2.45, 2.75) is 13.3 Å². The monoisotopic (exact) mass is 204 g/mol. The van der Waals surface area contributed by atoms with E-state index in [0.717, 1.165) is 13.0 Å². The van der Waals surface area contributed by atoms with Gasteiger partial charge in [-0.05, 0) is 24.5 Å². The number of nitrogens with zero attached hydrogens (tertiary/aromatic N) is 1. The lowest BCUT2D eigenvalue weighted by Crippen LogP contribution is -2.33. The molecule has 0 rings (SSSR count). The van der Waals surface area contributed by atoms with E-state index in [0.29, 0.717) is 6.54 Å². The minimum atomic E-state index is 0.142. The zero-order valence-electron chi connectivity index (χ0n) is 8.80. The maximum absolute atomic E-state index is 11.1. The second-order valence-corrected chi connectivity index (χ2v) is 4.41. The van der Waals surface area contributed by atoms with Gasteiger partial charge in [0, 0.05) is 14.1 Å². The summed E-state index contributed by atoms with van der Waals surface area (Å²) in [4.78, 5) is 12.7. The third-order valence-corrected chi connectivity index (χ3v) is 2.61. The zero-order valence-corrected chi connectivity index (χ0v) is 9.62. The first kappa shape index (κ1) is 12.8. The van der Waals surface area contributed by atoms with Crippen molar-refractivity contribution in [1.82, 2.24) is 10.2 Å². The van der Waals surface area contributed by atoms with Crippen molar-refractivity contribution < 1.29 is 4.79 Å². The predicted octanol–water partition coefficient (Wildman–Crippen LogP) is 0.807. The van der Waals surface area contributed by atoms with E-state index in [1.165, 1.54) is 11.5 Å². The van der Waals surface area contributed by atoms with E-state index in [1.807, 2.05) is 11.8 Å². The van der Waals surface area contributed by atoms with Crippen LogP contribution in [0, 0.1) is 0 Å². The van der Waals surface area contributed by atoms with Crippen LogP contribution in [0.5, 0.6) is 0 Å². The first-order valence-corrected chi connectivity index (χ1v) is 5.82. The number of hydrogen-bond acceptors (Lipinski definition) is 3. The fourth-order valence-electron chi connectivity index (χ4n) is 0.797. The van der Waals surface area contributed by atoms with Gasteiger partial charge in [-0.25, -0.2) is 0 Å². The van der Waals surface area contributed by atoms with Crippen molar-refractivity contribution in [1.29, 1.82) is 0 Å². The molecule has 0 atom stereocenters. The molecule has 0 unspecified atom stereocenters. The summed E-state index contributed by atoms with van der Waals surface area (Å²) in [5.41, 5.74) is 0. The van der Waals surface area contributed by atoms with Crippen molar-refractivity contribution in [2.24, 2.45) is 0 Å². The number of nitrogens with one attached hydrogen (secondary N) is 1. The van der Waals surface area contributed by atoms with Crippen LogP contribution in [0.15, 0.2) is 0 Å². The Hall–Kier alpha value is -0.220. The molecule has 13 heavy (non-hydrogen) atoms. The second-order valence-electron chi connectivity index (χ2n) is 3.02. The first-order chi connectivity index (χ1) is 6.18. The average molecular weight is 204 g/mol. The molecule has 0 fully saturated rings. The van der Waals surface area contributed by atoms with Crippen LogP contribution in [0.4, 0.5) is 0 Å². The summed E-state index contributed by atoms with van der Waals surface area (Å²) in [7, 11) is 3.55. The number of carbonyl (C=O) groups excluding carboxylic acids is 1. The minimum Gasteiger partial charge on any atom is -0.348 e. The third kappa shape index (κ3) is 8.12. The molecular weight excluding hydrogens is 184 g/mol. The van der Waals surface area contributed by atoms with Gasteiger partial charge >= 0.3 is 0 Å². The van der Waals surface area contributed by atoms with Gasteiger partial charge in [0.15, 0.2) is 0 Å². The van der Waals surface area contributed by atoms with Crippen LogP contribution >= 0.6 is 11.8 Å². The SMILES string of the molecule is CCSCCCNCC(=O)N(C)C. The van der Waals surface area contributed by atoms with E-state index in [4.69, 9.17) is 0 Å². The van der Waals surface area contributed by atoms with Gasteiger partial charge in [-0.2, -0.15) is 11.8 Å². The Bertz CT molecular complexity index is 140. The Balaban J connectivity index is 3.12. The lowest BCUT2D eigenvalue weighted by molar-refractivity contribution is -0.127. The number of amides is 1. The molecule has 0 radical (unpaired) electrons. The summed E-state index contributed by atoms with van der Waals surface area (Å²) in [5.74, 6) is 2.50. The molecule has 0 saturated carbocycles. The van der Waals surface area contributed by atoms with Crippen molar-refractivity contribution in [3.63, 3.8) is 0 Å². The molecule has 0 bridgehead atoms. The Labute approximate surface area is 85.3 Å². The maximum Gasteiger partial charge on any atom is 0.236 e. The van der Waals surface area contributed by atoms with Gasteiger partial charge in [0.25, 0.3) is 0 Å². The molecule has 0 saturated heterocycles. The topological polar surface area (TPSA) is 32.3 Å². The summed E-state index contributed by atoms with van der Waals surface area (Å²) >= 11 is 1.94. The summed E-state index contributed by atoms with van der Waals surface area (Å²) in [6.07, 6.45) is 1.14.